The van der Waals surface area contributed by atoms with Crippen molar-refractivity contribution in [3.63, 3.8) is 0 Å². The fraction of sp³-hybridized carbons (Fsp3) is 0.533. The van der Waals surface area contributed by atoms with Crippen molar-refractivity contribution in [1.29, 1.82) is 0 Å². The molecule has 0 spiro atoms. The average molecular weight is 264 g/mol. The lowest BCUT2D eigenvalue weighted by molar-refractivity contribution is -0.116. The number of nitrogens with zero attached hydrogens (tertiary/aromatic N) is 1. The SMILES string of the molecule is CC(C1CC1)N(C)CCC(=O)Nc1cccc(F)c1. The number of amides is 1. The van der Waals surface area contributed by atoms with Crippen LogP contribution in [0.25, 0.3) is 0 Å². The third kappa shape index (κ3) is 4.31. The number of carbonyl (C=O) groups is 1. The first-order valence-corrected chi connectivity index (χ1v) is 6.82. The number of nitrogens with one attached hydrogen (secondary N) is 1. The van der Waals surface area contributed by atoms with E-state index < -0.39 is 0 Å². The molecule has 1 unspecified atom stereocenters. The second kappa shape index (κ2) is 6.15. The van der Waals surface area contributed by atoms with Gasteiger partial charge in [0.15, 0.2) is 0 Å². The van der Waals surface area contributed by atoms with Crippen LogP contribution in [0.2, 0.25) is 0 Å². The molecule has 0 aromatic heterocycles. The summed E-state index contributed by atoms with van der Waals surface area (Å²) in [4.78, 5) is 14.0. The van der Waals surface area contributed by atoms with Crippen LogP contribution >= 0.6 is 0 Å². The van der Waals surface area contributed by atoms with E-state index in [4.69, 9.17) is 0 Å². The van der Waals surface area contributed by atoms with E-state index in [9.17, 15) is 9.18 Å². The summed E-state index contributed by atoms with van der Waals surface area (Å²) in [7, 11) is 2.05. The van der Waals surface area contributed by atoms with Crippen molar-refractivity contribution in [2.75, 3.05) is 18.9 Å². The first kappa shape index (κ1) is 14.0. The number of anilines is 1. The minimum Gasteiger partial charge on any atom is -0.326 e. The molecule has 1 aliphatic rings. The standard InChI is InChI=1S/C15H21FN2O/c1-11(12-6-7-12)18(2)9-8-15(19)17-14-5-3-4-13(16)10-14/h3-5,10-12H,6-9H2,1-2H3,(H,17,19). The Morgan fingerprint density at radius 1 is 1.53 bits per heavy atom. The van der Waals surface area contributed by atoms with Crippen molar-refractivity contribution in [2.45, 2.75) is 32.2 Å². The molecule has 0 radical (unpaired) electrons. The second-order valence-electron chi connectivity index (χ2n) is 5.37. The normalized spacial score (nSPS) is 16.4. The molecular weight excluding hydrogens is 243 g/mol. The first-order chi connectivity index (χ1) is 9.06. The van der Waals surface area contributed by atoms with Gasteiger partial charge in [0, 0.05) is 24.7 Å². The van der Waals surface area contributed by atoms with E-state index >= 15 is 0 Å². The Morgan fingerprint density at radius 3 is 2.89 bits per heavy atom. The summed E-state index contributed by atoms with van der Waals surface area (Å²) in [5.41, 5.74) is 0.517. The zero-order valence-electron chi connectivity index (χ0n) is 11.5. The molecule has 1 saturated carbocycles. The quantitative estimate of drug-likeness (QED) is 0.857. The molecule has 19 heavy (non-hydrogen) atoms. The van der Waals surface area contributed by atoms with Gasteiger partial charge in [-0.1, -0.05) is 6.07 Å². The molecule has 1 fully saturated rings. The second-order valence-corrected chi connectivity index (χ2v) is 5.37. The van der Waals surface area contributed by atoms with Crippen molar-refractivity contribution >= 4 is 11.6 Å². The Hall–Kier alpha value is -1.42. The minimum atomic E-state index is -0.336. The predicted octanol–water partition coefficient (Wildman–Crippen LogP) is 2.88. The average Bonchev–Trinajstić information content (AvgIpc) is 3.19. The topological polar surface area (TPSA) is 32.3 Å². The van der Waals surface area contributed by atoms with Crippen LogP contribution in [0.5, 0.6) is 0 Å². The Bertz CT molecular complexity index is 446. The maximum absolute atomic E-state index is 13.0. The fourth-order valence-corrected chi connectivity index (χ4v) is 2.21. The van der Waals surface area contributed by atoms with Crippen molar-refractivity contribution in [3.05, 3.63) is 30.1 Å². The van der Waals surface area contributed by atoms with Gasteiger partial charge < -0.3 is 10.2 Å². The molecular formula is C15H21FN2O. The van der Waals surface area contributed by atoms with Gasteiger partial charge in [0.1, 0.15) is 5.82 Å². The highest BCUT2D eigenvalue weighted by Gasteiger charge is 2.30. The molecule has 104 valence electrons. The van der Waals surface area contributed by atoms with Gasteiger partial charge in [0.05, 0.1) is 0 Å². The van der Waals surface area contributed by atoms with Crippen LogP contribution in [0.4, 0.5) is 10.1 Å². The smallest absolute Gasteiger partial charge is 0.225 e. The predicted molar refractivity (Wildman–Crippen MR) is 74.5 cm³/mol. The lowest BCUT2D eigenvalue weighted by Crippen LogP contribution is -2.33. The molecule has 0 saturated heterocycles. The molecule has 1 N–H and O–H groups in total. The lowest BCUT2D eigenvalue weighted by Gasteiger charge is -2.24. The molecule has 0 aliphatic heterocycles. The van der Waals surface area contributed by atoms with Gasteiger partial charge in [-0.05, 0) is 50.9 Å². The molecule has 0 heterocycles. The van der Waals surface area contributed by atoms with Crippen LogP contribution in [0, 0.1) is 11.7 Å². The van der Waals surface area contributed by atoms with Gasteiger partial charge in [0.25, 0.3) is 0 Å². The highest BCUT2D eigenvalue weighted by atomic mass is 19.1. The summed E-state index contributed by atoms with van der Waals surface area (Å²) in [5.74, 6) is 0.397. The summed E-state index contributed by atoms with van der Waals surface area (Å²) in [6.45, 7) is 2.95. The van der Waals surface area contributed by atoms with E-state index in [0.29, 0.717) is 18.2 Å². The minimum absolute atomic E-state index is 0.0690. The molecule has 3 nitrogen and oxygen atoms in total. The van der Waals surface area contributed by atoms with E-state index in [1.54, 1.807) is 12.1 Å². The van der Waals surface area contributed by atoms with Gasteiger partial charge >= 0.3 is 0 Å². The van der Waals surface area contributed by atoms with Gasteiger partial charge in [-0.3, -0.25) is 4.79 Å². The highest BCUT2D eigenvalue weighted by molar-refractivity contribution is 5.90. The first-order valence-electron chi connectivity index (χ1n) is 6.82. The molecule has 4 heteroatoms. The van der Waals surface area contributed by atoms with E-state index in [-0.39, 0.29) is 11.7 Å². The number of rotatable bonds is 6. The molecule has 1 aromatic rings. The number of halogens is 1. The number of carbonyl (C=O) groups excluding carboxylic acids is 1. The van der Waals surface area contributed by atoms with E-state index in [1.165, 1.54) is 25.0 Å². The van der Waals surface area contributed by atoms with Gasteiger partial charge in [-0.15, -0.1) is 0 Å². The van der Waals surface area contributed by atoms with Crippen molar-refractivity contribution in [1.82, 2.24) is 4.90 Å². The number of hydrogen-bond acceptors (Lipinski definition) is 2. The third-order valence-corrected chi connectivity index (χ3v) is 3.80. The van der Waals surface area contributed by atoms with Crippen LogP contribution in [-0.4, -0.2) is 30.4 Å². The third-order valence-electron chi connectivity index (χ3n) is 3.80. The Morgan fingerprint density at radius 2 is 2.26 bits per heavy atom. The number of hydrogen-bond donors (Lipinski definition) is 1. The lowest BCUT2D eigenvalue weighted by atomic mass is 10.2. The Kier molecular flexibility index (Phi) is 4.53. The molecule has 1 aliphatic carbocycles. The zero-order chi connectivity index (χ0) is 13.8. The van der Waals surface area contributed by atoms with E-state index in [2.05, 4.69) is 24.2 Å². The summed E-state index contributed by atoms with van der Waals surface area (Å²) in [5, 5.41) is 2.72. The zero-order valence-corrected chi connectivity index (χ0v) is 11.5. The van der Waals surface area contributed by atoms with Gasteiger partial charge in [0.2, 0.25) is 5.91 Å². The Labute approximate surface area is 113 Å². The molecule has 2 rings (SSSR count). The van der Waals surface area contributed by atoms with Crippen LogP contribution in [0.1, 0.15) is 26.2 Å². The summed E-state index contributed by atoms with van der Waals surface area (Å²) >= 11 is 0. The fourth-order valence-electron chi connectivity index (χ4n) is 2.21. The highest BCUT2D eigenvalue weighted by Crippen LogP contribution is 2.34. The molecule has 1 atom stereocenters. The monoisotopic (exact) mass is 264 g/mol. The largest absolute Gasteiger partial charge is 0.326 e. The molecule has 1 amide bonds. The van der Waals surface area contributed by atoms with Crippen molar-refractivity contribution < 1.29 is 9.18 Å². The Balaban J connectivity index is 1.75. The molecule has 1 aromatic carbocycles. The van der Waals surface area contributed by atoms with Crippen LogP contribution in [0.3, 0.4) is 0 Å². The number of benzene rings is 1. The summed E-state index contributed by atoms with van der Waals surface area (Å²) in [6, 6.07) is 6.51. The van der Waals surface area contributed by atoms with Gasteiger partial charge in [-0.2, -0.15) is 0 Å². The van der Waals surface area contributed by atoms with E-state index in [0.717, 1.165) is 12.5 Å². The summed E-state index contributed by atoms with van der Waals surface area (Å²) in [6.07, 6.45) is 3.05. The molecule has 0 bridgehead atoms. The van der Waals surface area contributed by atoms with Crippen molar-refractivity contribution in [3.8, 4) is 0 Å². The maximum atomic E-state index is 13.0. The summed E-state index contributed by atoms with van der Waals surface area (Å²) < 4.78 is 13.0. The van der Waals surface area contributed by atoms with Crippen LogP contribution in [-0.2, 0) is 4.79 Å². The van der Waals surface area contributed by atoms with Crippen molar-refractivity contribution in [2.24, 2.45) is 5.92 Å². The van der Waals surface area contributed by atoms with Gasteiger partial charge in [-0.25, -0.2) is 4.39 Å². The van der Waals surface area contributed by atoms with E-state index in [1.807, 2.05) is 0 Å². The maximum Gasteiger partial charge on any atom is 0.225 e. The van der Waals surface area contributed by atoms with Crippen LogP contribution < -0.4 is 5.32 Å². The van der Waals surface area contributed by atoms with Crippen LogP contribution in [0.15, 0.2) is 24.3 Å².